The molecule has 3 aromatic carbocycles. The smallest absolute Gasteiger partial charge is 0.115 e. The van der Waals surface area contributed by atoms with Crippen LogP contribution in [0.5, 0.6) is 5.75 Å². The Labute approximate surface area is 130 Å². The lowest BCUT2D eigenvalue weighted by Crippen LogP contribution is -1.88. The average molecular weight is 284 g/mol. The van der Waals surface area contributed by atoms with E-state index in [0.717, 1.165) is 6.42 Å². The summed E-state index contributed by atoms with van der Waals surface area (Å²) in [5.74, 6) is 0.334. The predicted octanol–water partition coefficient (Wildman–Crippen LogP) is 4.91. The minimum absolute atomic E-state index is 0.334. The molecule has 0 amide bonds. The molecule has 0 spiro atoms. The SMILES string of the molecule is Oc1ccc2c(c1)CC(c1ccccc1)=C2c1ccccc1. The highest BCUT2D eigenvalue weighted by molar-refractivity contribution is 6.03. The lowest BCUT2D eigenvalue weighted by molar-refractivity contribution is 0.475. The van der Waals surface area contributed by atoms with Crippen LogP contribution in [0.1, 0.15) is 22.3 Å². The third-order valence-electron chi connectivity index (χ3n) is 4.21. The number of fused-ring (bicyclic) bond motifs is 1. The van der Waals surface area contributed by atoms with E-state index >= 15 is 0 Å². The number of phenolic OH excluding ortho intramolecular Hbond substituents is 1. The van der Waals surface area contributed by atoms with Gasteiger partial charge >= 0.3 is 0 Å². The molecule has 0 saturated heterocycles. The van der Waals surface area contributed by atoms with Crippen molar-refractivity contribution in [3.63, 3.8) is 0 Å². The van der Waals surface area contributed by atoms with E-state index in [9.17, 15) is 5.11 Å². The van der Waals surface area contributed by atoms with Crippen molar-refractivity contribution in [1.82, 2.24) is 0 Å². The van der Waals surface area contributed by atoms with E-state index in [4.69, 9.17) is 0 Å². The molecular weight excluding hydrogens is 268 g/mol. The molecule has 4 rings (SSSR count). The van der Waals surface area contributed by atoms with E-state index in [-0.39, 0.29) is 0 Å². The molecule has 0 saturated carbocycles. The molecule has 0 bridgehead atoms. The zero-order chi connectivity index (χ0) is 14.9. The Hall–Kier alpha value is -2.80. The summed E-state index contributed by atoms with van der Waals surface area (Å²) in [7, 11) is 0. The van der Waals surface area contributed by atoms with Gasteiger partial charge in [-0.05, 0) is 52.0 Å². The van der Waals surface area contributed by atoms with Crippen molar-refractivity contribution in [3.8, 4) is 5.75 Å². The first kappa shape index (κ1) is 12.9. The standard InChI is InChI=1S/C21H16O/c22-18-11-12-19-17(13-18)14-20(15-7-3-1-4-8-15)21(19)16-9-5-2-6-10-16/h1-13,22H,14H2. The Morgan fingerprint density at radius 3 is 2.00 bits per heavy atom. The van der Waals surface area contributed by atoms with Gasteiger partial charge < -0.3 is 5.11 Å². The topological polar surface area (TPSA) is 20.2 Å². The Balaban J connectivity index is 1.96. The summed E-state index contributed by atoms with van der Waals surface area (Å²) in [6.45, 7) is 0. The van der Waals surface area contributed by atoms with Crippen LogP contribution in [0, 0.1) is 0 Å². The molecule has 1 nitrogen and oxygen atoms in total. The number of rotatable bonds is 2. The molecule has 0 fully saturated rings. The second-order valence-electron chi connectivity index (χ2n) is 5.60. The molecule has 1 aliphatic carbocycles. The molecule has 106 valence electrons. The van der Waals surface area contributed by atoms with Crippen molar-refractivity contribution < 1.29 is 5.11 Å². The highest BCUT2D eigenvalue weighted by atomic mass is 16.3. The summed E-state index contributed by atoms with van der Waals surface area (Å²) in [5, 5.41) is 9.79. The molecule has 1 N–H and O–H groups in total. The van der Waals surface area contributed by atoms with Gasteiger partial charge in [-0.25, -0.2) is 0 Å². The van der Waals surface area contributed by atoms with Gasteiger partial charge in [0.25, 0.3) is 0 Å². The third-order valence-corrected chi connectivity index (χ3v) is 4.21. The number of allylic oxidation sites excluding steroid dienone is 1. The van der Waals surface area contributed by atoms with Crippen molar-refractivity contribution in [3.05, 3.63) is 101 Å². The van der Waals surface area contributed by atoms with E-state index < -0.39 is 0 Å². The highest BCUT2D eigenvalue weighted by Crippen LogP contribution is 2.42. The molecule has 0 aromatic heterocycles. The molecule has 3 aromatic rings. The third kappa shape index (κ3) is 2.11. The van der Waals surface area contributed by atoms with Crippen LogP contribution < -0.4 is 0 Å². The van der Waals surface area contributed by atoms with Crippen LogP contribution in [0.25, 0.3) is 11.1 Å². The van der Waals surface area contributed by atoms with E-state index in [1.165, 1.54) is 33.4 Å². The zero-order valence-electron chi connectivity index (χ0n) is 12.2. The van der Waals surface area contributed by atoms with Gasteiger partial charge in [0.05, 0.1) is 0 Å². The molecule has 0 radical (unpaired) electrons. The van der Waals surface area contributed by atoms with E-state index in [2.05, 4.69) is 48.5 Å². The van der Waals surface area contributed by atoms with Gasteiger partial charge in [-0.1, -0.05) is 66.7 Å². The van der Waals surface area contributed by atoms with Crippen LogP contribution in [0.15, 0.2) is 78.9 Å². The molecule has 0 aliphatic heterocycles. The van der Waals surface area contributed by atoms with Crippen molar-refractivity contribution in [2.75, 3.05) is 0 Å². The lowest BCUT2D eigenvalue weighted by Gasteiger charge is -2.09. The van der Waals surface area contributed by atoms with Gasteiger partial charge in [0, 0.05) is 0 Å². The number of aromatic hydroxyl groups is 1. The fourth-order valence-corrected chi connectivity index (χ4v) is 3.23. The summed E-state index contributed by atoms with van der Waals surface area (Å²) >= 11 is 0. The maximum Gasteiger partial charge on any atom is 0.115 e. The van der Waals surface area contributed by atoms with Crippen LogP contribution in [-0.2, 0) is 6.42 Å². The fourth-order valence-electron chi connectivity index (χ4n) is 3.23. The normalized spacial score (nSPS) is 13.3. The first-order chi connectivity index (χ1) is 10.8. The van der Waals surface area contributed by atoms with Gasteiger partial charge in [-0.3, -0.25) is 0 Å². The summed E-state index contributed by atoms with van der Waals surface area (Å²) in [6.07, 6.45) is 0.859. The van der Waals surface area contributed by atoms with Crippen LogP contribution in [0.2, 0.25) is 0 Å². The monoisotopic (exact) mass is 284 g/mol. The minimum Gasteiger partial charge on any atom is -0.508 e. The molecule has 0 heterocycles. The molecule has 1 heteroatoms. The minimum atomic E-state index is 0.334. The van der Waals surface area contributed by atoms with Crippen LogP contribution in [-0.4, -0.2) is 5.11 Å². The first-order valence-electron chi connectivity index (χ1n) is 7.49. The molecule has 0 atom stereocenters. The summed E-state index contributed by atoms with van der Waals surface area (Å²) < 4.78 is 0. The summed E-state index contributed by atoms with van der Waals surface area (Å²) in [5.41, 5.74) is 7.50. The molecule has 22 heavy (non-hydrogen) atoms. The highest BCUT2D eigenvalue weighted by Gasteiger charge is 2.23. The average Bonchev–Trinajstić information content (AvgIpc) is 2.95. The van der Waals surface area contributed by atoms with E-state index in [0.29, 0.717) is 5.75 Å². The maximum absolute atomic E-state index is 9.79. The Morgan fingerprint density at radius 2 is 1.32 bits per heavy atom. The summed E-state index contributed by atoms with van der Waals surface area (Å²) in [6, 6.07) is 26.7. The number of hydrogen-bond donors (Lipinski definition) is 1. The number of phenols is 1. The van der Waals surface area contributed by atoms with Gasteiger partial charge in [-0.2, -0.15) is 0 Å². The Kier molecular flexibility index (Phi) is 3.05. The van der Waals surface area contributed by atoms with Crippen molar-refractivity contribution in [2.45, 2.75) is 6.42 Å². The van der Waals surface area contributed by atoms with Crippen molar-refractivity contribution >= 4 is 11.1 Å². The molecule has 0 unspecified atom stereocenters. The van der Waals surface area contributed by atoms with E-state index in [1.54, 1.807) is 6.07 Å². The maximum atomic E-state index is 9.79. The van der Waals surface area contributed by atoms with Crippen molar-refractivity contribution in [2.24, 2.45) is 0 Å². The summed E-state index contributed by atoms with van der Waals surface area (Å²) in [4.78, 5) is 0. The zero-order valence-corrected chi connectivity index (χ0v) is 12.2. The van der Waals surface area contributed by atoms with Gasteiger partial charge in [0.15, 0.2) is 0 Å². The van der Waals surface area contributed by atoms with Crippen LogP contribution in [0.4, 0.5) is 0 Å². The van der Waals surface area contributed by atoms with E-state index in [1.807, 2.05) is 24.3 Å². The largest absolute Gasteiger partial charge is 0.508 e. The van der Waals surface area contributed by atoms with Crippen molar-refractivity contribution in [1.29, 1.82) is 0 Å². The van der Waals surface area contributed by atoms with Gasteiger partial charge in [0.1, 0.15) is 5.75 Å². The van der Waals surface area contributed by atoms with Crippen LogP contribution in [0.3, 0.4) is 0 Å². The number of hydrogen-bond acceptors (Lipinski definition) is 1. The second-order valence-corrected chi connectivity index (χ2v) is 5.60. The molecular formula is C21H16O. The Morgan fingerprint density at radius 1 is 0.682 bits per heavy atom. The first-order valence-corrected chi connectivity index (χ1v) is 7.49. The lowest BCUT2D eigenvalue weighted by atomic mass is 9.94. The van der Waals surface area contributed by atoms with Gasteiger partial charge in [-0.15, -0.1) is 0 Å². The van der Waals surface area contributed by atoms with Crippen LogP contribution >= 0.6 is 0 Å². The quantitative estimate of drug-likeness (QED) is 0.709. The number of benzene rings is 3. The predicted molar refractivity (Wildman–Crippen MR) is 90.6 cm³/mol. The fraction of sp³-hybridized carbons (Fsp3) is 0.0476. The molecule has 1 aliphatic rings. The second kappa shape index (κ2) is 5.19. The van der Waals surface area contributed by atoms with Gasteiger partial charge in [0.2, 0.25) is 0 Å². The Bertz CT molecular complexity index is 846.